The van der Waals surface area contributed by atoms with Gasteiger partial charge in [0.05, 0.1) is 18.7 Å². The van der Waals surface area contributed by atoms with E-state index in [1.165, 1.54) is 54.9 Å². The number of aliphatic hydroxyl groups excluding tert-OH is 1. The molecular formula is C27H30ClN2O9PS. The van der Waals surface area contributed by atoms with E-state index in [2.05, 4.69) is 4.98 Å². The van der Waals surface area contributed by atoms with Crippen LogP contribution < -0.4 is 10.1 Å². The van der Waals surface area contributed by atoms with Gasteiger partial charge in [0, 0.05) is 17.3 Å². The zero-order valence-electron chi connectivity index (χ0n) is 22.2. The first-order valence-corrected chi connectivity index (χ1v) is 15.2. The van der Waals surface area contributed by atoms with E-state index in [9.17, 15) is 24.4 Å². The number of nitrogens with zero attached hydrogens (tertiary/aromatic N) is 1. The number of benzene rings is 2. The second-order valence-electron chi connectivity index (χ2n) is 9.84. The molecule has 11 nitrogen and oxygen atoms in total. The number of hydrogen-bond acceptors (Lipinski definition) is 10. The second kappa shape index (κ2) is 13.0. The van der Waals surface area contributed by atoms with E-state index in [1.807, 2.05) is 30.3 Å². The Morgan fingerprint density at radius 3 is 2.56 bits per heavy atom. The van der Waals surface area contributed by atoms with Crippen molar-refractivity contribution in [3.8, 4) is 5.75 Å². The number of aromatic nitrogens is 2. The summed E-state index contributed by atoms with van der Waals surface area (Å²) in [5.74, 6) is -1.31. The number of nitrogens with one attached hydrogen (secondary N) is 1. The zero-order valence-corrected chi connectivity index (χ0v) is 24.7. The van der Waals surface area contributed by atoms with E-state index in [-0.39, 0.29) is 23.3 Å². The molecule has 1 fully saturated rings. The molecule has 1 unspecified atom stereocenters. The standard InChI is InChI=1S/C27H30ClN2O9PS/c1-17(24(33)36-14-18-6-4-3-5-7-18)16-40(35,39-20-10-8-19(28)9-11-20)37-15-21-23(32)27(2,34)25(38-21)30-13-12-22(31)29-26(30)41/h3-13,17,21,23,25,32,34H,14-16H2,1-2H3,(H,29,31,41)/t17-,21-,23+,25-,27?,40+/m1/s1. The van der Waals surface area contributed by atoms with Gasteiger partial charge in [-0.2, -0.15) is 0 Å². The molecule has 1 saturated heterocycles. The highest BCUT2D eigenvalue weighted by Gasteiger charge is 2.53. The quantitative estimate of drug-likeness (QED) is 0.161. The number of carbonyl (C=O) groups is 1. The van der Waals surface area contributed by atoms with Gasteiger partial charge in [-0.15, -0.1) is 0 Å². The summed E-state index contributed by atoms with van der Waals surface area (Å²) in [6.45, 7) is 2.44. The Bertz CT molecular complexity index is 1510. The second-order valence-corrected chi connectivity index (χ2v) is 12.7. The average molecular weight is 625 g/mol. The van der Waals surface area contributed by atoms with Crippen molar-refractivity contribution in [1.29, 1.82) is 0 Å². The van der Waals surface area contributed by atoms with Crippen LogP contribution >= 0.6 is 31.4 Å². The molecule has 6 atom stereocenters. The van der Waals surface area contributed by atoms with Crippen molar-refractivity contribution < 1.29 is 38.1 Å². The van der Waals surface area contributed by atoms with Crippen LogP contribution in [0.3, 0.4) is 0 Å². The molecule has 0 saturated carbocycles. The molecule has 3 N–H and O–H groups in total. The monoisotopic (exact) mass is 624 g/mol. The fourth-order valence-corrected chi connectivity index (χ4v) is 6.48. The van der Waals surface area contributed by atoms with Gasteiger partial charge in [0.1, 0.15) is 30.2 Å². The largest absolute Gasteiger partial charge is 0.461 e. The summed E-state index contributed by atoms with van der Waals surface area (Å²) in [4.78, 5) is 26.7. The molecule has 0 aliphatic carbocycles. The maximum absolute atomic E-state index is 14.0. The number of ether oxygens (including phenoxy) is 2. The van der Waals surface area contributed by atoms with E-state index in [1.54, 1.807) is 0 Å². The van der Waals surface area contributed by atoms with Gasteiger partial charge in [-0.1, -0.05) is 48.9 Å². The number of hydrogen-bond donors (Lipinski definition) is 3. The van der Waals surface area contributed by atoms with Gasteiger partial charge < -0.3 is 24.2 Å². The Balaban J connectivity index is 1.49. The lowest BCUT2D eigenvalue weighted by atomic mass is 9.96. The van der Waals surface area contributed by atoms with Crippen molar-refractivity contribution in [3.05, 3.63) is 92.6 Å². The molecule has 220 valence electrons. The lowest BCUT2D eigenvalue weighted by Crippen LogP contribution is -2.44. The number of carbonyl (C=O) groups excluding carboxylic acids is 1. The smallest absolute Gasteiger partial charge is 0.380 e. The molecule has 1 aromatic heterocycles. The van der Waals surface area contributed by atoms with Crippen molar-refractivity contribution >= 4 is 37.4 Å². The third-order valence-electron chi connectivity index (χ3n) is 6.48. The van der Waals surface area contributed by atoms with Crippen molar-refractivity contribution in [2.24, 2.45) is 5.92 Å². The van der Waals surface area contributed by atoms with Crippen molar-refractivity contribution in [1.82, 2.24) is 9.55 Å². The molecule has 41 heavy (non-hydrogen) atoms. The summed E-state index contributed by atoms with van der Waals surface area (Å²) in [5.41, 5.74) is -1.51. The van der Waals surface area contributed by atoms with Gasteiger partial charge in [0.2, 0.25) is 0 Å². The number of aliphatic hydroxyl groups is 2. The highest BCUT2D eigenvalue weighted by molar-refractivity contribution is 7.71. The number of halogens is 1. The van der Waals surface area contributed by atoms with Crippen molar-refractivity contribution in [3.63, 3.8) is 0 Å². The summed E-state index contributed by atoms with van der Waals surface area (Å²) in [7, 11) is -4.08. The van der Waals surface area contributed by atoms with Crippen LogP contribution in [-0.4, -0.2) is 56.3 Å². The Labute approximate surface area is 246 Å². The maximum atomic E-state index is 14.0. The summed E-state index contributed by atoms with van der Waals surface area (Å²) in [5, 5.41) is 22.3. The summed E-state index contributed by atoms with van der Waals surface area (Å²) < 4.78 is 37.9. The first kappa shape index (κ1) is 31.1. The van der Waals surface area contributed by atoms with Crippen LogP contribution in [0.15, 0.2) is 71.7 Å². The van der Waals surface area contributed by atoms with Crippen molar-refractivity contribution in [2.45, 2.75) is 44.5 Å². The SMILES string of the molecule is C[C@H](C[P@](=O)(OC[C@H]1O[C@@H](n2ccc(=O)[nH]c2=S)C(C)(O)[C@H]1O)Oc1ccc(Cl)cc1)C(=O)OCc1ccccc1. The minimum absolute atomic E-state index is 0.0314. The first-order valence-electron chi connectivity index (χ1n) is 12.6. The van der Waals surface area contributed by atoms with Crippen LogP contribution in [-0.2, 0) is 30.0 Å². The Morgan fingerprint density at radius 2 is 1.90 bits per heavy atom. The molecule has 0 amide bonds. The highest BCUT2D eigenvalue weighted by atomic mass is 35.5. The highest BCUT2D eigenvalue weighted by Crippen LogP contribution is 2.51. The molecule has 0 radical (unpaired) electrons. The summed E-state index contributed by atoms with van der Waals surface area (Å²) >= 11 is 11.1. The van der Waals surface area contributed by atoms with Crippen LogP contribution in [0, 0.1) is 10.7 Å². The van der Waals surface area contributed by atoms with Gasteiger partial charge in [-0.25, -0.2) is 4.57 Å². The van der Waals surface area contributed by atoms with E-state index >= 15 is 0 Å². The molecule has 4 rings (SSSR count). The fourth-order valence-electron chi connectivity index (χ4n) is 4.23. The van der Waals surface area contributed by atoms with Gasteiger partial charge in [-0.3, -0.25) is 23.7 Å². The van der Waals surface area contributed by atoms with E-state index in [4.69, 9.17) is 42.3 Å². The average Bonchev–Trinajstić information content (AvgIpc) is 3.16. The lowest BCUT2D eigenvalue weighted by molar-refractivity contribution is -0.148. The Morgan fingerprint density at radius 1 is 1.22 bits per heavy atom. The van der Waals surface area contributed by atoms with E-state index in [0.717, 1.165) is 5.56 Å². The number of esters is 1. The van der Waals surface area contributed by atoms with E-state index in [0.29, 0.717) is 5.02 Å². The molecule has 1 aliphatic rings. The van der Waals surface area contributed by atoms with Crippen LogP contribution in [0.2, 0.25) is 5.02 Å². The molecule has 14 heteroatoms. The predicted molar refractivity (Wildman–Crippen MR) is 152 cm³/mol. The van der Waals surface area contributed by atoms with Crippen LogP contribution in [0.1, 0.15) is 25.6 Å². The fraction of sp³-hybridized carbons (Fsp3) is 0.370. The van der Waals surface area contributed by atoms with Crippen LogP contribution in [0.5, 0.6) is 5.75 Å². The number of aromatic amines is 1. The molecular weight excluding hydrogens is 595 g/mol. The Kier molecular flexibility index (Phi) is 9.86. The molecule has 3 aromatic rings. The third kappa shape index (κ3) is 7.72. The zero-order chi connectivity index (χ0) is 29.8. The minimum atomic E-state index is -4.08. The summed E-state index contributed by atoms with van der Waals surface area (Å²) in [6, 6.07) is 16.4. The molecule has 1 aliphatic heterocycles. The normalized spacial score (nSPS) is 24.4. The maximum Gasteiger partial charge on any atom is 0.380 e. The molecule has 2 heterocycles. The van der Waals surface area contributed by atoms with Gasteiger partial charge in [0.25, 0.3) is 5.56 Å². The van der Waals surface area contributed by atoms with Gasteiger partial charge in [0.15, 0.2) is 11.0 Å². The molecule has 0 spiro atoms. The minimum Gasteiger partial charge on any atom is -0.461 e. The van der Waals surface area contributed by atoms with Crippen molar-refractivity contribution in [2.75, 3.05) is 12.8 Å². The lowest BCUT2D eigenvalue weighted by Gasteiger charge is -2.28. The first-order chi connectivity index (χ1) is 19.4. The van der Waals surface area contributed by atoms with Gasteiger partial charge >= 0.3 is 13.6 Å². The Hall–Kier alpha value is -2.83. The topological polar surface area (TPSA) is 149 Å². The summed E-state index contributed by atoms with van der Waals surface area (Å²) in [6.07, 6.45) is -2.89. The van der Waals surface area contributed by atoms with Crippen LogP contribution in [0.25, 0.3) is 0 Å². The van der Waals surface area contributed by atoms with Crippen LogP contribution in [0.4, 0.5) is 0 Å². The predicted octanol–water partition coefficient (Wildman–Crippen LogP) is 4.24. The molecule has 2 aromatic carbocycles. The molecule has 0 bridgehead atoms. The number of H-pyrrole nitrogens is 1. The van der Waals surface area contributed by atoms with E-state index < -0.39 is 55.7 Å². The number of rotatable bonds is 11. The van der Waals surface area contributed by atoms with Gasteiger partial charge in [-0.05, 0) is 49.0 Å². The third-order valence-corrected chi connectivity index (χ3v) is 9.07.